The number of likely N-dealkylation sites (N-methyl/N-ethyl adjacent to an activating group) is 1. The number of hydrogen-bond acceptors (Lipinski definition) is 6. The summed E-state index contributed by atoms with van der Waals surface area (Å²) >= 11 is 0. The first kappa shape index (κ1) is 18.4. The number of nitrogens with zero attached hydrogens (tertiary/aromatic N) is 5. The number of hydrogen-bond donors (Lipinski definition) is 0. The van der Waals surface area contributed by atoms with E-state index in [4.69, 9.17) is 4.74 Å². The number of carbonyl (C=O) groups excluding carboxylic acids is 1. The highest BCUT2D eigenvalue weighted by Crippen LogP contribution is 2.20. The monoisotopic (exact) mass is 361 g/mol. The number of rotatable bonds is 6. The van der Waals surface area contributed by atoms with E-state index in [0.717, 1.165) is 10.7 Å². The zero-order valence-electron chi connectivity index (χ0n) is 13.2. The Hall–Kier alpha value is -2.92. The molecule has 0 N–H and O–H groups in total. The Bertz CT molecular complexity index is 792. The molecule has 0 spiro atoms. The molecular weight excluding hydrogens is 347 g/mol. The third kappa shape index (κ3) is 3.95. The average molecular weight is 361 g/mol. The Kier molecular flexibility index (Phi) is 5.09. The van der Waals surface area contributed by atoms with Crippen LogP contribution in [0.2, 0.25) is 0 Å². The summed E-state index contributed by atoms with van der Waals surface area (Å²) in [5.74, 6) is -2.38. The number of carbonyl (C=O) groups is 1. The fourth-order valence-electron chi connectivity index (χ4n) is 2.16. The predicted octanol–water partition coefficient (Wildman–Crippen LogP) is 1.82. The quantitative estimate of drug-likeness (QED) is 0.574. The van der Waals surface area contributed by atoms with Crippen molar-refractivity contribution in [1.82, 2.24) is 19.5 Å². The number of fused-ring (bicyclic) bond motifs is 1. The lowest BCUT2D eigenvalue weighted by Gasteiger charge is -2.28. The number of nitro groups is 1. The summed E-state index contributed by atoms with van der Waals surface area (Å²) in [7, 11) is 0. The molecule has 1 amide bonds. The van der Waals surface area contributed by atoms with Crippen LogP contribution in [0.15, 0.2) is 18.3 Å². The van der Waals surface area contributed by atoms with Gasteiger partial charge in [0, 0.05) is 18.7 Å². The zero-order valence-corrected chi connectivity index (χ0v) is 13.2. The summed E-state index contributed by atoms with van der Waals surface area (Å²) in [6, 6.07) is 1.91. The standard InChI is InChI=1S/C13H14F3N5O4/c1-3-19(12(22)13(14,15)16)8(2)7-25-10-5-4-9-17-6-11(21(23)24)20(9)18-10/h4-6,8H,3,7H2,1-2H3/t8-/m0/s1. The Balaban J connectivity index is 2.12. The van der Waals surface area contributed by atoms with Crippen molar-refractivity contribution >= 4 is 17.4 Å². The summed E-state index contributed by atoms with van der Waals surface area (Å²) in [4.78, 5) is 26.0. The van der Waals surface area contributed by atoms with Gasteiger partial charge in [0.1, 0.15) is 12.8 Å². The van der Waals surface area contributed by atoms with Gasteiger partial charge in [-0.15, -0.1) is 0 Å². The summed E-state index contributed by atoms with van der Waals surface area (Å²) < 4.78 is 43.9. The molecule has 2 aromatic heterocycles. The van der Waals surface area contributed by atoms with Gasteiger partial charge in [-0.25, -0.2) is 4.98 Å². The molecule has 2 rings (SSSR count). The third-order valence-corrected chi connectivity index (χ3v) is 3.36. The van der Waals surface area contributed by atoms with Crippen molar-refractivity contribution in [2.75, 3.05) is 13.2 Å². The van der Waals surface area contributed by atoms with Gasteiger partial charge in [0.2, 0.25) is 5.65 Å². The van der Waals surface area contributed by atoms with E-state index in [1.165, 1.54) is 26.0 Å². The summed E-state index contributed by atoms with van der Waals surface area (Å²) in [5.41, 5.74) is 0.217. The first-order valence-electron chi connectivity index (χ1n) is 7.15. The minimum Gasteiger partial charge on any atom is -0.473 e. The lowest BCUT2D eigenvalue weighted by atomic mass is 10.3. The van der Waals surface area contributed by atoms with Gasteiger partial charge in [0.15, 0.2) is 0 Å². The van der Waals surface area contributed by atoms with E-state index in [0.29, 0.717) is 4.90 Å². The molecule has 0 aliphatic heterocycles. The van der Waals surface area contributed by atoms with Crippen molar-refractivity contribution in [2.45, 2.75) is 26.1 Å². The van der Waals surface area contributed by atoms with Crippen LogP contribution in [-0.2, 0) is 4.79 Å². The first-order chi connectivity index (χ1) is 11.6. The highest BCUT2D eigenvalue weighted by molar-refractivity contribution is 5.82. The second-order valence-corrected chi connectivity index (χ2v) is 5.06. The molecule has 0 radical (unpaired) electrons. The first-order valence-corrected chi connectivity index (χ1v) is 7.15. The van der Waals surface area contributed by atoms with E-state index in [1.807, 2.05) is 0 Å². The number of ether oxygens (including phenoxy) is 1. The van der Waals surface area contributed by atoms with E-state index in [1.54, 1.807) is 0 Å². The Morgan fingerprint density at radius 1 is 1.48 bits per heavy atom. The van der Waals surface area contributed by atoms with Gasteiger partial charge in [0.25, 0.3) is 5.88 Å². The van der Waals surface area contributed by atoms with Gasteiger partial charge < -0.3 is 19.8 Å². The van der Waals surface area contributed by atoms with Crippen LogP contribution in [0.4, 0.5) is 19.0 Å². The van der Waals surface area contributed by atoms with Gasteiger partial charge in [0.05, 0.1) is 6.04 Å². The Morgan fingerprint density at radius 3 is 2.72 bits per heavy atom. The molecule has 25 heavy (non-hydrogen) atoms. The summed E-state index contributed by atoms with van der Waals surface area (Å²) in [5, 5.41) is 14.7. The van der Waals surface area contributed by atoms with Crippen LogP contribution < -0.4 is 4.74 Å². The van der Waals surface area contributed by atoms with Crippen LogP contribution in [-0.4, -0.2) is 55.7 Å². The van der Waals surface area contributed by atoms with Gasteiger partial charge in [-0.3, -0.25) is 4.79 Å². The highest BCUT2D eigenvalue weighted by Gasteiger charge is 2.43. The Labute approximate surface area is 139 Å². The van der Waals surface area contributed by atoms with Crippen molar-refractivity contribution in [3.63, 3.8) is 0 Å². The summed E-state index contributed by atoms with van der Waals surface area (Å²) in [6.07, 6.45) is -3.95. The third-order valence-electron chi connectivity index (χ3n) is 3.36. The van der Waals surface area contributed by atoms with Crippen LogP contribution in [0.3, 0.4) is 0 Å². The van der Waals surface area contributed by atoms with E-state index < -0.39 is 23.0 Å². The molecule has 2 aromatic rings. The van der Waals surface area contributed by atoms with Crippen molar-refractivity contribution in [1.29, 1.82) is 0 Å². The molecular formula is C13H14F3N5O4. The molecule has 0 saturated carbocycles. The fourth-order valence-corrected chi connectivity index (χ4v) is 2.16. The molecule has 0 aliphatic rings. The lowest BCUT2D eigenvalue weighted by Crippen LogP contribution is -2.48. The largest absolute Gasteiger partial charge is 0.473 e. The fraction of sp³-hybridized carbons (Fsp3) is 0.462. The van der Waals surface area contributed by atoms with E-state index in [-0.39, 0.29) is 30.5 Å². The maximum Gasteiger partial charge on any atom is 0.471 e. The maximum absolute atomic E-state index is 12.6. The van der Waals surface area contributed by atoms with Crippen LogP contribution in [0.25, 0.3) is 5.65 Å². The molecule has 0 bridgehead atoms. The second kappa shape index (κ2) is 6.91. The molecule has 0 aromatic carbocycles. The van der Waals surface area contributed by atoms with Crippen LogP contribution in [0.5, 0.6) is 5.88 Å². The van der Waals surface area contributed by atoms with Crippen molar-refractivity contribution in [2.24, 2.45) is 0 Å². The molecule has 0 fully saturated rings. The van der Waals surface area contributed by atoms with Crippen LogP contribution in [0.1, 0.15) is 13.8 Å². The van der Waals surface area contributed by atoms with Gasteiger partial charge in [-0.1, -0.05) is 4.52 Å². The SMILES string of the molecule is CCN(C(=O)C(F)(F)F)[C@@H](C)COc1ccc2ncc([N+](=O)[O-])n2n1. The normalized spacial score (nSPS) is 12.8. The van der Waals surface area contributed by atoms with Gasteiger partial charge in [-0.2, -0.15) is 13.2 Å². The van der Waals surface area contributed by atoms with E-state index >= 15 is 0 Å². The highest BCUT2D eigenvalue weighted by atomic mass is 19.4. The van der Waals surface area contributed by atoms with Crippen molar-refractivity contribution < 1.29 is 27.6 Å². The Morgan fingerprint density at radius 2 is 2.16 bits per heavy atom. The van der Waals surface area contributed by atoms with Gasteiger partial charge >= 0.3 is 17.9 Å². The molecule has 9 nitrogen and oxygen atoms in total. The number of alkyl halides is 3. The van der Waals surface area contributed by atoms with E-state index in [9.17, 15) is 28.1 Å². The molecule has 136 valence electrons. The average Bonchev–Trinajstić information content (AvgIpc) is 2.95. The number of amides is 1. The van der Waals surface area contributed by atoms with Crippen LogP contribution in [0, 0.1) is 10.1 Å². The predicted molar refractivity (Wildman–Crippen MR) is 78.0 cm³/mol. The topological polar surface area (TPSA) is 103 Å². The maximum atomic E-state index is 12.6. The lowest BCUT2D eigenvalue weighted by molar-refractivity contribution is -0.391. The second-order valence-electron chi connectivity index (χ2n) is 5.06. The van der Waals surface area contributed by atoms with Crippen molar-refractivity contribution in [3.05, 3.63) is 28.4 Å². The molecule has 0 aliphatic carbocycles. The molecule has 12 heteroatoms. The number of imidazole rings is 1. The van der Waals surface area contributed by atoms with E-state index in [2.05, 4.69) is 10.1 Å². The molecule has 0 unspecified atom stereocenters. The minimum atomic E-state index is -4.97. The van der Waals surface area contributed by atoms with Gasteiger partial charge in [-0.05, 0) is 23.9 Å². The summed E-state index contributed by atoms with van der Waals surface area (Å²) in [6.45, 7) is 2.39. The minimum absolute atomic E-state index is 0.0454. The smallest absolute Gasteiger partial charge is 0.471 e. The van der Waals surface area contributed by atoms with Crippen LogP contribution >= 0.6 is 0 Å². The number of aromatic nitrogens is 3. The number of halogens is 3. The molecule has 1 atom stereocenters. The van der Waals surface area contributed by atoms with Crippen molar-refractivity contribution in [3.8, 4) is 5.88 Å². The molecule has 2 heterocycles. The molecule has 0 saturated heterocycles. The zero-order chi connectivity index (χ0) is 18.8.